The van der Waals surface area contributed by atoms with Crippen LogP contribution in [0.5, 0.6) is 0 Å². The van der Waals surface area contributed by atoms with E-state index in [1.807, 2.05) is 28.9 Å². The Labute approximate surface area is 91.3 Å². The lowest BCUT2D eigenvalue weighted by molar-refractivity contribution is 0.0257. The van der Waals surface area contributed by atoms with Gasteiger partial charge in [-0.1, -0.05) is 0 Å². The fourth-order valence-electron chi connectivity index (χ4n) is 2.05. The lowest BCUT2D eigenvalue weighted by atomic mass is 10.3. The zero-order chi connectivity index (χ0) is 11.2. The molecule has 3 heterocycles. The van der Waals surface area contributed by atoms with Crippen molar-refractivity contribution in [2.45, 2.75) is 12.3 Å². The number of fused-ring (bicyclic) bond motifs is 1. The number of halogens is 2. The fourth-order valence-corrected chi connectivity index (χ4v) is 2.05. The zero-order valence-corrected chi connectivity index (χ0v) is 8.61. The number of pyridine rings is 1. The number of hydrogen-bond acceptors (Lipinski definition) is 2. The number of anilines is 1. The predicted molar refractivity (Wildman–Crippen MR) is 57.0 cm³/mol. The van der Waals surface area contributed by atoms with Crippen LogP contribution in [0.15, 0.2) is 30.7 Å². The summed E-state index contributed by atoms with van der Waals surface area (Å²) in [5, 5.41) is 0. The van der Waals surface area contributed by atoms with Crippen molar-refractivity contribution in [1.29, 1.82) is 0 Å². The van der Waals surface area contributed by atoms with E-state index in [9.17, 15) is 8.78 Å². The molecule has 5 heteroatoms. The van der Waals surface area contributed by atoms with Gasteiger partial charge in [-0.2, -0.15) is 0 Å². The van der Waals surface area contributed by atoms with Gasteiger partial charge in [0.1, 0.15) is 5.65 Å². The van der Waals surface area contributed by atoms with Crippen molar-refractivity contribution < 1.29 is 8.78 Å². The van der Waals surface area contributed by atoms with Gasteiger partial charge in [-0.3, -0.25) is 0 Å². The molecule has 0 amide bonds. The third-order valence-corrected chi connectivity index (χ3v) is 2.92. The number of alkyl halides is 2. The highest BCUT2D eigenvalue weighted by Gasteiger charge is 2.38. The van der Waals surface area contributed by atoms with Gasteiger partial charge >= 0.3 is 0 Å². The summed E-state index contributed by atoms with van der Waals surface area (Å²) in [5.74, 6) is -2.55. The minimum Gasteiger partial charge on any atom is -0.365 e. The molecule has 1 aliphatic rings. The summed E-state index contributed by atoms with van der Waals surface area (Å²) in [4.78, 5) is 5.84. The molecule has 0 saturated carbocycles. The van der Waals surface area contributed by atoms with Crippen LogP contribution in [0.4, 0.5) is 14.5 Å². The van der Waals surface area contributed by atoms with Gasteiger partial charge in [0, 0.05) is 43.3 Å². The van der Waals surface area contributed by atoms with Crippen LogP contribution in [-0.2, 0) is 0 Å². The van der Waals surface area contributed by atoms with E-state index in [0.717, 1.165) is 11.3 Å². The molecule has 0 atom stereocenters. The van der Waals surface area contributed by atoms with Crippen molar-refractivity contribution in [2.75, 3.05) is 18.0 Å². The quantitative estimate of drug-likeness (QED) is 0.738. The highest BCUT2D eigenvalue weighted by molar-refractivity contribution is 5.56. The number of imidazole rings is 1. The zero-order valence-electron chi connectivity index (χ0n) is 8.61. The van der Waals surface area contributed by atoms with Crippen molar-refractivity contribution in [1.82, 2.24) is 9.38 Å². The van der Waals surface area contributed by atoms with Gasteiger partial charge in [-0.25, -0.2) is 13.8 Å². The number of aromatic nitrogens is 2. The fraction of sp³-hybridized carbons (Fsp3) is 0.364. The van der Waals surface area contributed by atoms with Gasteiger partial charge < -0.3 is 9.30 Å². The van der Waals surface area contributed by atoms with E-state index in [4.69, 9.17) is 0 Å². The molecule has 0 radical (unpaired) electrons. The van der Waals surface area contributed by atoms with Crippen LogP contribution in [0.1, 0.15) is 6.42 Å². The van der Waals surface area contributed by atoms with Crippen LogP contribution in [0.25, 0.3) is 5.65 Å². The molecule has 0 N–H and O–H groups in total. The molecule has 3 rings (SSSR count). The predicted octanol–water partition coefficient (Wildman–Crippen LogP) is 2.18. The number of nitrogens with zero attached hydrogens (tertiary/aromatic N) is 3. The molecule has 3 nitrogen and oxygen atoms in total. The Bertz CT molecular complexity index is 521. The Balaban J connectivity index is 1.94. The van der Waals surface area contributed by atoms with Gasteiger partial charge in [0.15, 0.2) is 0 Å². The van der Waals surface area contributed by atoms with E-state index >= 15 is 0 Å². The Kier molecular flexibility index (Phi) is 1.89. The van der Waals surface area contributed by atoms with Gasteiger partial charge in [0.25, 0.3) is 5.92 Å². The van der Waals surface area contributed by atoms with Crippen LogP contribution < -0.4 is 4.90 Å². The van der Waals surface area contributed by atoms with E-state index in [1.54, 1.807) is 11.1 Å². The van der Waals surface area contributed by atoms with Crippen molar-refractivity contribution in [3.63, 3.8) is 0 Å². The van der Waals surface area contributed by atoms with Crippen molar-refractivity contribution in [3.8, 4) is 0 Å². The van der Waals surface area contributed by atoms with E-state index in [-0.39, 0.29) is 13.0 Å². The maximum absolute atomic E-state index is 13.1. The molecule has 0 aliphatic carbocycles. The largest absolute Gasteiger partial charge is 0.365 e. The first-order valence-corrected chi connectivity index (χ1v) is 5.20. The van der Waals surface area contributed by atoms with E-state index in [1.165, 1.54) is 0 Å². The summed E-state index contributed by atoms with van der Waals surface area (Å²) in [6.45, 7) is 0.216. The maximum Gasteiger partial charge on any atom is 0.266 e. The minimum atomic E-state index is -2.55. The molecule has 1 fully saturated rings. The van der Waals surface area contributed by atoms with Crippen LogP contribution in [0.3, 0.4) is 0 Å². The molecule has 2 aromatic heterocycles. The molecule has 16 heavy (non-hydrogen) atoms. The smallest absolute Gasteiger partial charge is 0.266 e. The molecule has 84 valence electrons. The van der Waals surface area contributed by atoms with Crippen molar-refractivity contribution >= 4 is 11.3 Å². The molecule has 0 aromatic carbocycles. The Morgan fingerprint density at radius 2 is 2.19 bits per heavy atom. The lowest BCUT2D eigenvalue weighted by Gasteiger charge is -2.18. The molecule has 2 aromatic rings. The van der Waals surface area contributed by atoms with Gasteiger partial charge in [0.05, 0.1) is 6.54 Å². The van der Waals surface area contributed by atoms with Gasteiger partial charge in [0.2, 0.25) is 0 Å². The second-order valence-corrected chi connectivity index (χ2v) is 4.11. The summed E-state index contributed by atoms with van der Waals surface area (Å²) < 4.78 is 28.0. The monoisotopic (exact) mass is 223 g/mol. The third-order valence-electron chi connectivity index (χ3n) is 2.92. The SMILES string of the molecule is FC1(F)CCN(c2ccn3ccnc3c2)C1. The Morgan fingerprint density at radius 1 is 1.31 bits per heavy atom. The van der Waals surface area contributed by atoms with Crippen molar-refractivity contribution in [2.24, 2.45) is 0 Å². The van der Waals surface area contributed by atoms with E-state index in [0.29, 0.717) is 6.54 Å². The summed E-state index contributed by atoms with van der Waals surface area (Å²) in [6.07, 6.45) is 5.30. The standard InChI is InChI=1S/C11H11F2N3/c12-11(13)2-5-16(8-11)9-1-4-15-6-3-14-10(15)7-9/h1,3-4,6-7H,2,5,8H2. The molecule has 0 unspecified atom stereocenters. The van der Waals surface area contributed by atoms with E-state index < -0.39 is 5.92 Å². The topological polar surface area (TPSA) is 20.5 Å². The van der Waals surface area contributed by atoms with Crippen LogP contribution >= 0.6 is 0 Å². The third kappa shape index (κ3) is 1.52. The normalized spacial score (nSPS) is 19.5. The average Bonchev–Trinajstić information content (AvgIpc) is 2.82. The van der Waals surface area contributed by atoms with Crippen LogP contribution in [0.2, 0.25) is 0 Å². The Hall–Kier alpha value is -1.65. The Morgan fingerprint density at radius 3 is 2.94 bits per heavy atom. The highest BCUT2D eigenvalue weighted by Crippen LogP contribution is 2.30. The van der Waals surface area contributed by atoms with E-state index in [2.05, 4.69) is 4.98 Å². The first kappa shape index (κ1) is 9.57. The maximum atomic E-state index is 13.1. The first-order valence-electron chi connectivity index (χ1n) is 5.20. The average molecular weight is 223 g/mol. The van der Waals surface area contributed by atoms with Gasteiger partial charge in [-0.15, -0.1) is 0 Å². The molecule has 1 saturated heterocycles. The minimum absolute atomic E-state index is 0.0629. The molecule has 1 aliphatic heterocycles. The number of hydrogen-bond donors (Lipinski definition) is 0. The second-order valence-electron chi connectivity index (χ2n) is 4.11. The molecular formula is C11H11F2N3. The summed E-state index contributed by atoms with van der Waals surface area (Å²) in [7, 11) is 0. The van der Waals surface area contributed by atoms with Gasteiger partial charge in [-0.05, 0) is 6.07 Å². The van der Waals surface area contributed by atoms with Crippen LogP contribution in [0, 0.1) is 0 Å². The highest BCUT2D eigenvalue weighted by atomic mass is 19.3. The number of rotatable bonds is 1. The summed E-state index contributed by atoms with van der Waals surface area (Å²) >= 11 is 0. The molecule has 0 spiro atoms. The second kappa shape index (κ2) is 3.17. The summed E-state index contributed by atoms with van der Waals surface area (Å²) in [6, 6.07) is 3.68. The first-order chi connectivity index (χ1) is 7.64. The summed E-state index contributed by atoms with van der Waals surface area (Å²) in [5.41, 5.74) is 1.60. The van der Waals surface area contributed by atoms with Crippen molar-refractivity contribution in [3.05, 3.63) is 30.7 Å². The lowest BCUT2D eigenvalue weighted by Crippen LogP contribution is -2.24. The van der Waals surface area contributed by atoms with Crippen LogP contribution in [-0.4, -0.2) is 28.4 Å². The molecule has 0 bridgehead atoms. The molecular weight excluding hydrogens is 212 g/mol.